The zero-order valence-electron chi connectivity index (χ0n) is 23.9. The molecule has 210 valence electrons. The Morgan fingerprint density at radius 3 is 2.10 bits per heavy atom. The number of benzene rings is 2. The number of hydrogen-bond acceptors (Lipinski definition) is 6. The molecule has 8 nitrogen and oxygen atoms in total. The van der Waals surface area contributed by atoms with E-state index < -0.39 is 23.2 Å². The third-order valence-electron chi connectivity index (χ3n) is 6.92. The number of nitrogens with one attached hydrogen (secondary N) is 2. The minimum Gasteiger partial charge on any atom is -0.456 e. The number of ether oxygens (including phenoxy) is 2. The lowest BCUT2D eigenvalue weighted by atomic mass is 9.81. The molecule has 2 aromatic carbocycles. The van der Waals surface area contributed by atoms with Crippen LogP contribution in [0, 0.1) is 0 Å². The Morgan fingerprint density at radius 1 is 0.872 bits per heavy atom. The van der Waals surface area contributed by atoms with Crippen LogP contribution in [0.1, 0.15) is 93.4 Å². The lowest BCUT2D eigenvalue weighted by Gasteiger charge is -2.35. The van der Waals surface area contributed by atoms with Crippen LogP contribution >= 0.6 is 0 Å². The van der Waals surface area contributed by atoms with Gasteiger partial charge in [-0.05, 0) is 108 Å². The van der Waals surface area contributed by atoms with Crippen molar-refractivity contribution in [1.29, 1.82) is 0 Å². The first-order valence-electron chi connectivity index (χ1n) is 13.8. The Hall–Kier alpha value is -3.39. The van der Waals surface area contributed by atoms with E-state index in [4.69, 9.17) is 9.47 Å². The van der Waals surface area contributed by atoms with Crippen molar-refractivity contribution in [3.63, 3.8) is 0 Å². The highest BCUT2D eigenvalue weighted by molar-refractivity contribution is 5.97. The van der Waals surface area contributed by atoms with Gasteiger partial charge in [0.05, 0.1) is 5.56 Å². The van der Waals surface area contributed by atoms with E-state index in [1.165, 1.54) is 11.1 Å². The van der Waals surface area contributed by atoms with Gasteiger partial charge in [-0.3, -0.25) is 4.79 Å². The standard InChI is InChI=1S/C31H41N3O5/c1-30(2,3)38-28(36)21-10-12-22(13-11-21)33-27(35)26-25-9-7-8-23(24(25)14-17-32-26)20-15-18-34(19-16-20)29(37)39-31(4,5)6/h7-13,20,26,32H,14-19H2,1-6H3,(H,33,35). The fourth-order valence-corrected chi connectivity index (χ4v) is 5.19. The third-order valence-corrected chi connectivity index (χ3v) is 6.92. The lowest BCUT2D eigenvalue weighted by molar-refractivity contribution is -0.118. The van der Waals surface area contributed by atoms with Gasteiger partial charge in [-0.2, -0.15) is 0 Å². The quantitative estimate of drug-likeness (QED) is 0.496. The van der Waals surface area contributed by atoms with E-state index in [9.17, 15) is 14.4 Å². The Kier molecular flexibility index (Phi) is 8.35. The number of carbonyl (C=O) groups excluding carboxylic acids is 3. The van der Waals surface area contributed by atoms with Crippen LogP contribution in [-0.4, -0.2) is 53.7 Å². The van der Waals surface area contributed by atoms with Crippen molar-refractivity contribution in [2.75, 3.05) is 25.0 Å². The van der Waals surface area contributed by atoms with Crippen molar-refractivity contribution in [2.24, 2.45) is 0 Å². The van der Waals surface area contributed by atoms with Crippen LogP contribution in [0.2, 0.25) is 0 Å². The summed E-state index contributed by atoms with van der Waals surface area (Å²) in [5.74, 6) is -0.202. The van der Waals surface area contributed by atoms with Gasteiger partial charge in [-0.15, -0.1) is 0 Å². The highest BCUT2D eigenvalue weighted by Gasteiger charge is 2.32. The van der Waals surface area contributed by atoms with E-state index in [-0.39, 0.29) is 12.0 Å². The smallest absolute Gasteiger partial charge is 0.410 e. The first kappa shape index (κ1) is 28.6. The fraction of sp³-hybridized carbons (Fsp3) is 0.516. The van der Waals surface area contributed by atoms with Gasteiger partial charge >= 0.3 is 12.1 Å². The van der Waals surface area contributed by atoms with Crippen molar-refractivity contribution in [3.05, 3.63) is 64.7 Å². The number of rotatable bonds is 4. The van der Waals surface area contributed by atoms with E-state index in [2.05, 4.69) is 16.7 Å². The molecule has 1 atom stereocenters. The van der Waals surface area contributed by atoms with Gasteiger partial charge in [0.25, 0.3) is 0 Å². The highest BCUT2D eigenvalue weighted by Crippen LogP contribution is 2.36. The summed E-state index contributed by atoms with van der Waals surface area (Å²) in [6, 6.07) is 12.5. The second-order valence-electron chi connectivity index (χ2n) is 12.4. The molecule has 0 aromatic heterocycles. The molecule has 2 N–H and O–H groups in total. The minimum absolute atomic E-state index is 0.141. The van der Waals surface area contributed by atoms with Crippen molar-refractivity contribution >= 4 is 23.7 Å². The average Bonchev–Trinajstić information content (AvgIpc) is 2.86. The second kappa shape index (κ2) is 11.4. The number of carbonyl (C=O) groups is 3. The van der Waals surface area contributed by atoms with Gasteiger partial charge in [0, 0.05) is 25.3 Å². The van der Waals surface area contributed by atoms with Gasteiger partial charge in [0.2, 0.25) is 5.91 Å². The van der Waals surface area contributed by atoms with E-state index in [0.717, 1.165) is 24.8 Å². The molecule has 2 aromatic rings. The minimum atomic E-state index is -0.571. The number of anilines is 1. The molecule has 2 heterocycles. The van der Waals surface area contributed by atoms with Crippen molar-refractivity contribution < 1.29 is 23.9 Å². The largest absolute Gasteiger partial charge is 0.456 e. The van der Waals surface area contributed by atoms with Crippen molar-refractivity contribution in [1.82, 2.24) is 10.2 Å². The van der Waals surface area contributed by atoms with Crippen LogP contribution in [0.25, 0.3) is 0 Å². The molecule has 0 saturated carbocycles. The normalized spacial score (nSPS) is 18.2. The summed E-state index contributed by atoms with van der Waals surface area (Å²) < 4.78 is 11.0. The van der Waals surface area contributed by atoms with Gasteiger partial charge in [-0.25, -0.2) is 9.59 Å². The predicted octanol–water partition coefficient (Wildman–Crippen LogP) is 5.58. The number of hydrogen-bond donors (Lipinski definition) is 2. The Morgan fingerprint density at radius 2 is 1.49 bits per heavy atom. The lowest BCUT2D eigenvalue weighted by Crippen LogP contribution is -2.42. The molecule has 2 aliphatic rings. The molecule has 0 bridgehead atoms. The number of fused-ring (bicyclic) bond motifs is 1. The number of amides is 2. The molecule has 0 radical (unpaired) electrons. The van der Waals surface area contributed by atoms with Gasteiger partial charge < -0.3 is 25.0 Å². The maximum absolute atomic E-state index is 13.3. The predicted molar refractivity (Wildman–Crippen MR) is 151 cm³/mol. The van der Waals surface area contributed by atoms with Gasteiger partial charge in [-0.1, -0.05) is 18.2 Å². The van der Waals surface area contributed by atoms with Crippen molar-refractivity contribution in [2.45, 2.75) is 84.0 Å². The zero-order chi connectivity index (χ0) is 28.4. The Balaban J connectivity index is 1.42. The van der Waals surface area contributed by atoms with E-state index in [0.29, 0.717) is 36.8 Å². The van der Waals surface area contributed by atoms with Crippen LogP contribution in [0.15, 0.2) is 42.5 Å². The maximum atomic E-state index is 13.3. The highest BCUT2D eigenvalue weighted by atomic mass is 16.6. The summed E-state index contributed by atoms with van der Waals surface area (Å²) in [6.45, 7) is 13.1. The summed E-state index contributed by atoms with van der Waals surface area (Å²) in [7, 11) is 0. The molecule has 0 spiro atoms. The number of piperidine rings is 1. The number of likely N-dealkylation sites (tertiary alicyclic amines) is 1. The molecule has 4 rings (SSSR count). The van der Waals surface area contributed by atoms with E-state index in [1.54, 1.807) is 29.2 Å². The summed E-state index contributed by atoms with van der Waals surface area (Å²) in [5, 5.41) is 6.36. The first-order valence-corrected chi connectivity index (χ1v) is 13.8. The second-order valence-corrected chi connectivity index (χ2v) is 12.4. The Labute approximate surface area is 231 Å². The molecule has 1 fully saturated rings. The number of nitrogens with zero attached hydrogens (tertiary/aromatic N) is 1. The summed E-state index contributed by atoms with van der Waals surface area (Å²) >= 11 is 0. The summed E-state index contributed by atoms with van der Waals surface area (Å²) in [4.78, 5) is 39.9. The summed E-state index contributed by atoms with van der Waals surface area (Å²) in [6.07, 6.45) is 2.33. The molecular weight excluding hydrogens is 494 g/mol. The first-order chi connectivity index (χ1) is 18.3. The van der Waals surface area contributed by atoms with Crippen LogP contribution in [0.4, 0.5) is 10.5 Å². The monoisotopic (exact) mass is 535 g/mol. The van der Waals surface area contributed by atoms with Gasteiger partial charge in [0.1, 0.15) is 17.2 Å². The molecule has 1 unspecified atom stereocenters. The molecule has 2 aliphatic heterocycles. The molecule has 39 heavy (non-hydrogen) atoms. The summed E-state index contributed by atoms with van der Waals surface area (Å²) in [5.41, 5.74) is 3.48. The van der Waals surface area contributed by atoms with E-state index in [1.807, 2.05) is 53.7 Å². The topological polar surface area (TPSA) is 97.0 Å². The molecule has 0 aliphatic carbocycles. The molecule has 2 amide bonds. The van der Waals surface area contributed by atoms with Crippen LogP contribution in [0.5, 0.6) is 0 Å². The SMILES string of the molecule is CC(C)(C)OC(=O)c1ccc(NC(=O)C2NCCc3c(C4CCN(C(=O)OC(C)(C)C)CC4)cccc32)cc1. The van der Waals surface area contributed by atoms with Crippen LogP contribution in [0.3, 0.4) is 0 Å². The van der Waals surface area contributed by atoms with Crippen LogP contribution < -0.4 is 10.6 Å². The van der Waals surface area contributed by atoms with Gasteiger partial charge in [0.15, 0.2) is 0 Å². The molecule has 8 heteroatoms. The maximum Gasteiger partial charge on any atom is 0.410 e. The van der Waals surface area contributed by atoms with E-state index >= 15 is 0 Å². The average molecular weight is 536 g/mol. The van der Waals surface area contributed by atoms with Crippen LogP contribution in [-0.2, 0) is 20.7 Å². The molecule has 1 saturated heterocycles. The molecular formula is C31H41N3O5. The third kappa shape index (κ3) is 7.38. The number of esters is 1. The Bertz CT molecular complexity index is 1200. The fourth-order valence-electron chi connectivity index (χ4n) is 5.19. The van der Waals surface area contributed by atoms with Crippen molar-refractivity contribution in [3.8, 4) is 0 Å². The zero-order valence-corrected chi connectivity index (χ0v) is 23.9.